The number of carboxylic acids is 1. The summed E-state index contributed by atoms with van der Waals surface area (Å²) in [5.41, 5.74) is 4.57. The van der Waals surface area contributed by atoms with Crippen LogP contribution in [0.2, 0.25) is 0 Å². The molecule has 0 aromatic rings. The summed E-state index contributed by atoms with van der Waals surface area (Å²) in [7, 11) is -0.833. The number of hydrogen-bond acceptors (Lipinski definition) is 3. The molecule has 0 amide bonds. The molecule has 0 rings (SSSR count). The average Bonchev–Trinajstić information content (AvgIpc) is 1.69. The number of aliphatic carboxylic acids is 1. The van der Waals surface area contributed by atoms with Crippen molar-refractivity contribution in [2.75, 3.05) is 6.54 Å². The second kappa shape index (κ2) is 15.8. The third kappa shape index (κ3) is 57.7. The molecule has 0 aliphatic rings. The Morgan fingerprint density at radius 3 is 1.78 bits per heavy atom. The Kier molecular flexibility index (Phi) is 28.5. The van der Waals surface area contributed by atoms with Crippen molar-refractivity contribution in [1.82, 2.24) is 0 Å². The van der Waals surface area contributed by atoms with Crippen LogP contribution in [0.5, 0.6) is 0 Å². The fourth-order valence-electron chi connectivity index (χ4n) is 0. The molecule has 50 valence electrons. The normalized spacial score (nSPS) is 6.44. The zero-order chi connectivity index (χ0) is 6.99. The van der Waals surface area contributed by atoms with Gasteiger partial charge in [0.05, 0.1) is 6.54 Å². The molecule has 0 heterocycles. The maximum atomic E-state index is 9.24. The van der Waals surface area contributed by atoms with Crippen LogP contribution in [-0.4, -0.2) is 52.1 Å². The molecule has 0 aliphatic heterocycles. The van der Waals surface area contributed by atoms with Gasteiger partial charge in [0, 0.05) is 0 Å². The Morgan fingerprint density at radius 1 is 1.67 bits per heavy atom. The summed E-state index contributed by atoms with van der Waals surface area (Å²) < 4.78 is 8.46. The predicted octanol–water partition coefficient (Wildman–Crippen LogP) is -1.43. The molecule has 0 aliphatic carbocycles. The molecule has 0 atom stereocenters. The Balaban J connectivity index is -0.0000000800. The van der Waals surface area contributed by atoms with Gasteiger partial charge in [0.2, 0.25) is 0 Å². The van der Waals surface area contributed by atoms with E-state index >= 15 is 0 Å². The average molecular weight is 163 g/mol. The molecule has 0 aromatic heterocycles. The van der Waals surface area contributed by atoms with E-state index in [0.29, 0.717) is 0 Å². The van der Waals surface area contributed by atoms with Gasteiger partial charge in [-0.15, -0.1) is 0 Å². The first-order valence-corrected chi connectivity index (χ1v) is 2.34. The van der Waals surface area contributed by atoms with E-state index in [4.69, 9.17) is 14.6 Å². The number of carbonyl (C=O) groups is 1. The summed E-state index contributed by atoms with van der Waals surface area (Å²) in [6.45, 7) is -0.278. The van der Waals surface area contributed by atoms with Crippen molar-refractivity contribution in [1.29, 1.82) is 0 Å². The molecule has 0 radical (unpaired) electrons. The Morgan fingerprint density at radius 2 is 1.78 bits per heavy atom. The molecule has 0 unspecified atom stereocenters. The van der Waals surface area contributed by atoms with Crippen molar-refractivity contribution >= 4 is 44.2 Å². The number of carboxylic acid groups (broad SMARTS) is 1. The van der Waals surface area contributed by atoms with Crippen LogP contribution < -0.4 is 5.73 Å². The van der Waals surface area contributed by atoms with E-state index in [1.54, 1.807) is 0 Å². The van der Waals surface area contributed by atoms with Gasteiger partial charge in [-0.3, -0.25) is 4.79 Å². The molecular formula is C2H7NNaO4P. The van der Waals surface area contributed by atoms with E-state index < -0.39 is 14.7 Å². The van der Waals surface area contributed by atoms with Crippen molar-refractivity contribution in [2.24, 2.45) is 5.73 Å². The van der Waals surface area contributed by atoms with E-state index in [0.717, 1.165) is 0 Å². The Labute approximate surface area is 75.8 Å². The fraction of sp³-hybridized carbons (Fsp3) is 0.500. The first kappa shape index (κ1) is 16.2. The molecule has 0 bridgehead atoms. The zero-order valence-corrected chi connectivity index (χ0v) is 4.84. The van der Waals surface area contributed by atoms with Crippen LogP contribution in [0.4, 0.5) is 0 Å². The molecule has 7 heteroatoms. The quantitative estimate of drug-likeness (QED) is 0.325. The van der Waals surface area contributed by atoms with Crippen molar-refractivity contribution in [3.8, 4) is 0 Å². The minimum atomic E-state index is -0.968. The molecule has 0 fully saturated rings. The maximum absolute atomic E-state index is 9.24. The first-order valence-electron chi connectivity index (χ1n) is 1.57. The van der Waals surface area contributed by atoms with Gasteiger partial charge in [-0.05, 0) is 0 Å². The number of rotatable bonds is 1. The Hall–Kier alpha value is 0.490. The third-order valence-corrected chi connectivity index (χ3v) is 0.175. The second-order valence-corrected chi connectivity index (χ2v) is 0.843. The minimum absolute atomic E-state index is 0. The van der Waals surface area contributed by atoms with Gasteiger partial charge in [-0.2, -0.15) is 0 Å². The molecular weight excluding hydrogens is 156 g/mol. The van der Waals surface area contributed by atoms with E-state index in [1.165, 1.54) is 0 Å². The summed E-state index contributed by atoms with van der Waals surface area (Å²) >= 11 is 0. The van der Waals surface area contributed by atoms with Crippen molar-refractivity contribution < 1.29 is 19.4 Å². The van der Waals surface area contributed by atoms with E-state index in [1.807, 2.05) is 0 Å². The summed E-state index contributed by atoms with van der Waals surface area (Å²) in [4.78, 5) is 16.2. The second-order valence-electron chi connectivity index (χ2n) is 0.680. The Bertz CT molecular complexity index is 79.0. The van der Waals surface area contributed by atoms with Gasteiger partial charge in [0.25, 0.3) is 0 Å². The van der Waals surface area contributed by atoms with E-state index in [2.05, 4.69) is 5.73 Å². The van der Waals surface area contributed by atoms with E-state index in [-0.39, 0.29) is 36.1 Å². The fourth-order valence-corrected chi connectivity index (χ4v) is 0. The standard InChI is InChI=1S/C2H5NO2.Na.HO2P.H/c3-1-2(4)5;;1-3-2;/h1,3H2,(H,4,5);;(H,1,2);. The van der Waals surface area contributed by atoms with Gasteiger partial charge in [-0.25, -0.2) is 4.57 Å². The first-order chi connectivity index (χ1) is 3.68. The van der Waals surface area contributed by atoms with Crippen LogP contribution in [0.3, 0.4) is 0 Å². The van der Waals surface area contributed by atoms with Crippen LogP contribution in [0.15, 0.2) is 0 Å². The van der Waals surface area contributed by atoms with Gasteiger partial charge in [0.1, 0.15) is 0 Å². The third-order valence-electron chi connectivity index (χ3n) is 0.175. The monoisotopic (exact) mass is 163 g/mol. The molecule has 0 saturated carbocycles. The molecule has 0 spiro atoms. The number of hydrogen-bond donors (Lipinski definition) is 3. The van der Waals surface area contributed by atoms with Crippen molar-refractivity contribution in [3.63, 3.8) is 0 Å². The van der Waals surface area contributed by atoms with Crippen molar-refractivity contribution in [3.05, 3.63) is 0 Å². The van der Waals surface area contributed by atoms with Crippen LogP contribution in [-0.2, 0) is 9.36 Å². The summed E-state index contributed by atoms with van der Waals surface area (Å²) in [6.07, 6.45) is 0. The van der Waals surface area contributed by atoms with Gasteiger partial charge in [-0.1, -0.05) is 0 Å². The summed E-state index contributed by atoms with van der Waals surface area (Å²) in [5.74, 6) is -0.968. The van der Waals surface area contributed by atoms with Gasteiger partial charge < -0.3 is 15.7 Å². The SMILES string of the molecule is NCC(=O)O.O=PO.[NaH]. The summed E-state index contributed by atoms with van der Waals surface area (Å²) in [5, 5.41) is 7.60. The molecule has 0 saturated heterocycles. The topological polar surface area (TPSA) is 101 Å². The van der Waals surface area contributed by atoms with Gasteiger partial charge in [0.15, 0.2) is 0 Å². The van der Waals surface area contributed by atoms with E-state index in [9.17, 15) is 4.79 Å². The molecule has 5 nitrogen and oxygen atoms in total. The van der Waals surface area contributed by atoms with Crippen LogP contribution in [0.1, 0.15) is 0 Å². The molecule has 0 aromatic carbocycles. The predicted molar refractivity (Wildman–Crippen MR) is 33.7 cm³/mol. The summed E-state index contributed by atoms with van der Waals surface area (Å²) in [6, 6.07) is 0. The molecule has 9 heavy (non-hydrogen) atoms. The molecule has 4 N–H and O–H groups in total. The van der Waals surface area contributed by atoms with Gasteiger partial charge >= 0.3 is 44.2 Å². The number of nitrogens with two attached hydrogens (primary N) is 1. The van der Waals surface area contributed by atoms with Crippen LogP contribution in [0.25, 0.3) is 0 Å². The zero-order valence-electron chi connectivity index (χ0n) is 3.94. The van der Waals surface area contributed by atoms with Crippen molar-refractivity contribution in [2.45, 2.75) is 0 Å². The van der Waals surface area contributed by atoms with Crippen LogP contribution in [0, 0.1) is 0 Å². The van der Waals surface area contributed by atoms with Crippen LogP contribution >= 0.6 is 8.69 Å².